The number of halogens is 1. The van der Waals surface area contributed by atoms with Crippen LogP contribution in [0.3, 0.4) is 0 Å². The normalized spacial score (nSPS) is 22.9. The Labute approximate surface area is 127 Å². The van der Waals surface area contributed by atoms with Gasteiger partial charge in [-0.25, -0.2) is 9.18 Å². The molecular weight excluding hydrogens is 289 g/mol. The molecule has 1 fully saturated rings. The molecule has 3 rings (SSSR count). The van der Waals surface area contributed by atoms with Crippen molar-refractivity contribution in [3.8, 4) is 11.5 Å². The van der Waals surface area contributed by atoms with Crippen molar-refractivity contribution < 1.29 is 13.5 Å². The Morgan fingerprint density at radius 1 is 1.23 bits per heavy atom. The van der Waals surface area contributed by atoms with Gasteiger partial charge < -0.3 is 9.15 Å². The maximum Gasteiger partial charge on any atom is 0.438 e. The molecule has 0 saturated carbocycles. The number of nitrogens with zero attached hydrogens (tertiary/aromatic N) is 3. The molecule has 6 nitrogen and oxygen atoms in total. The number of benzene rings is 1. The summed E-state index contributed by atoms with van der Waals surface area (Å²) in [6.45, 7) is 5.81. The van der Waals surface area contributed by atoms with Gasteiger partial charge in [0.25, 0.3) is 0 Å². The molecule has 2 heterocycles. The summed E-state index contributed by atoms with van der Waals surface area (Å²) in [5.41, 5.74) is 0.570. The van der Waals surface area contributed by atoms with Crippen molar-refractivity contribution in [1.82, 2.24) is 14.7 Å². The minimum atomic E-state index is -0.522. The summed E-state index contributed by atoms with van der Waals surface area (Å²) in [6, 6.07) is 5.67. The molecule has 118 valence electrons. The summed E-state index contributed by atoms with van der Waals surface area (Å²) < 4.78 is 25.0. The van der Waals surface area contributed by atoms with Gasteiger partial charge in [-0.15, -0.1) is 5.10 Å². The Balaban J connectivity index is 1.78. The summed E-state index contributed by atoms with van der Waals surface area (Å²) in [4.78, 5) is 14.0. The highest BCUT2D eigenvalue weighted by Gasteiger charge is 2.23. The van der Waals surface area contributed by atoms with Gasteiger partial charge in [-0.1, -0.05) is 0 Å². The smallest absolute Gasteiger partial charge is 0.388 e. The second kappa shape index (κ2) is 6.02. The molecule has 7 heteroatoms. The quantitative estimate of drug-likeness (QED) is 0.864. The zero-order valence-corrected chi connectivity index (χ0v) is 12.5. The largest absolute Gasteiger partial charge is 0.438 e. The fourth-order valence-electron chi connectivity index (χ4n) is 2.69. The first-order chi connectivity index (χ1) is 10.5. The van der Waals surface area contributed by atoms with Gasteiger partial charge in [-0.3, -0.25) is 4.90 Å². The van der Waals surface area contributed by atoms with E-state index in [0.29, 0.717) is 12.2 Å². The average molecular weight is 307 g/mol. The van der Waals surface area contributed by atoms with Crippen LogP contribution < -0.4 is 5.76 Å². The van der Waals surface area contributed by atoms with Crippen molar-refractivity contribution >= 4 is 0 Å². The van der Waals surface area contributed by atoms with E-state index in [1.54, 1.807) is 0 Å². The van der Waals surface area contributed by atoms with Gasteiger partial charge >= 0.3 is 5.76 Å². The topological polar surface area (TPSA) is 60.5 Å². The number of morpholine rings is 1. The van der Waals surface area contributed by atoms with Crippen LogP contribution in [0.5, 0.6) is 0 Å². The number of aromatic nitrogens is 2. The van der Waals surface area contributed by atoms with Crippen molar-refractivity contribution in [3.63, 3.8) is 0 Å². The van der Waals surface area contributed by atoms with Crippen molar-refractivity contribution in [2.24, 2.45) is 0 Å². The lowest BCUT2D eigenvalue weighted by molar-refractivity contribution is -0.0780. The van der Waals surface area contributed by atoms with E-state index < -0.39 is 5.76 Å². The molecule has 0 unspecified atom stereocenters. The third-order valence-corrected chi connectivity index (χ3v) is 3.53. The van der Waals surface area contributed by atoms with Crippen LogP contribution in [0, 0.1) is 5.82 Å². The predicted molar refractivity (Wildman–Crippen MR) is 77.7 cm³/mol. The zero-order valence-electron chi connectivity index (χ0n) is 12.5. The van der Waals surface area contributed by atoms with Crippen molar-refractivity contribution in [2.75, 3.05) is 13.1 Å². The Morgan fingerprint density at radius 2 is 1.86 bits per heavy atom. The number of hydrogen-bond donors (Lipinski definition) is 0. The van der Waals surface area contributed by atoms with E-state index >= 15 is 0 Å². The van der Waals surface area contributed by atoms with Crippen LogP contribution in [0.2, 0.25) is 0 Å². The second-order valence-electron chi connectivity index (χ2n) is 5.61. The van der Waals surface area contributed by atoms with E-state index in [1.165, 1.54) is 28.9 Å². The number of ether oxygens (including phenoxy) is 1. The SMILES string of the molecule is C[C@@H]1CN(Cn2nc(-c3ccc(F)cc3)oc2=O)C[C@@H](C)O1. The molecule has 2 atom stereocenters. The molecule has 0 N–H and O–H groups in total. The van der Waals surface area contributed by atoms with Crippen molar-refractivity contribution in [2.45, 2.75) is 32.7 Å². The van der Waals surface area contributed by atoms with E-state index in [-0.39, 0.29) is 23.9 Å². The van der Waals surface area contributed by atoms with E-state index in [0.717, 1.165) is 13.1 Å². The molecule has 0 aliphatic carbocycles. The van der Waals surface area contributed by atoms with Crippen LogP contribution in [0.15, 0.2) is 33.5 Å². The maximum absolute atomic E-state index is 12.9. The number of hydrogen-bond acceptors (Lipinski definition) is 5. The van der Waals surface area contributed by atoms with Gasteiger partial charge in [-0.05, 0) is 38.1 Å². The summed E-state index contributed by atoms with van der Waals surface area (Å²) in [5.74, 6) is -0.674. The fourth-order valence-corrected chi connectivity index (χ4v) is 2.69. The molecule has 1 aliphatic rings. The second-order valence-corrected chi connectivity index (χ2v) is 5.61. The van der Waals surface area contributed by atoms with Gasteiger partial charge in [0.15, 0.2) is 0 Å². The first-order valence-electron chi connectivity index (χ1n) is 7.23. The molecule has 1 aliphatic heterocycles. The van der Waals surface area contributed by atoms with Crippen LogP contribution in [0.4, 0.5) is 4.39 Å². The molecule has 1 saturated heterocycles. The third-order valence-electron chi connectivity index (χ3n) is 3.53. The first kappa shape index (κ1) is 14.9. The third kappa shape index (κ3) is 3.26. The zero-order chi connectivity index (χ0) is 15.7. The molecule has 22 heavy (non-hydrogen) atoms. The van der Waals surface area contributed by atoms with Crippen LogP contribution in [0.1, 0.15) is 13.8 Å². The highest BCUT2D eigenvalue weighted by molar-refractivity contribution is 5.51. The molecule has 1 aromatic heterocycles. The molecule has 0 amide bonds. The summed E-state index contributed by atoms with van der Waals surface area (Å²) in [6.07, 6.45) is 0.228. The predicted octanol–water partition coefficient (Wildman–Crippen LogP) is 1.71. The van der Waals surface area contributed by atoms with Gasteiger partial charge in [0.2, 0.25) is 5.89 Å². The standard InChI is InChI=1S/C15H18FN3O3/c1-10-7-18(8-11(2)21-10)9-19-15(20)22-14(17-19)12-3-5-13(16)6-4-12/h3-6,10-11H,7-9H2,1-2H3/t10-,11-/m1/s1. The Bertz CT molecular complexity index is 685. The highest BCUT2D eigenvalue weighted by atomic mass is 19.1. The van der Waals surface area contributed by atoms with Crippen LogP contribution in [-0.4, -0.2) is 40.0 Å². The molecule has 1 aromatic carbocycles. The van der Waals surface area contributed by atoms with Crippen LogP contribution in [0.25, 0.3) is 11.5 Å². The minimum Gasteiger partial charge on any atom is -0.388 e. The molecule has 0 bridgehead atoms. The van der Waals surface area contributed by atoms with Crippen molar-refractivity contribution in [1.29, 1.82) is 0 Å². The van der Waals surface area contributed by atoms with Crippen molar-refractivity contribution in [3.05, 3.63) is 40.6 Å². The van der Waals surface area contributed by atoms with Crippen LogP contribution in [-0.2, 0) is 11.4 Å². The summed E-state index contributed by atoms with van der Waals surface area (Å²) >= 11 is 0. The maximum atomic E-state index is 12.9. The Morgan fingerprint density at radius 3 is 2.50 bits per heavy atom. The minimum absolute atomic E-state index is 0.114. The molecular formula is C15H18FN3O3. The lowest BCUT2D eigenvalue weighted by atomic mass is 10.2. The molecule has 0 radical (unpaired) electrons. The van der Waals surface area contributed by atoms with Gasteiger partial charge in [0.05, 0.1) is 12.2 Å². The molecule has 0 spiro atoms. The first-order valence-corrected chi connectivity index (χ1v) is 7.23. The monoisotopic (exact) mass is 307 g/mol. The Kier molecular flexibility index (Phi) is 4.08. The van der Waals surface area contributed by atoms with E-state index in [9.17, 15) is 9.18 Å². The lowest BCUT2D eigenvalue weighted by Gasteiger charge is -2.34. The fraction of sp³-hybridized carbons (Fsp3) is 0.467. The van der Waals surface area contributed by atoms with E-state index in [4.69, 9.17) is 9.15 Å². The lowest BCUT2D eigenvalue weighted by Crippen LogP contribution is -2.47. The van der Waals surface area contributed by atoms with E-state index in [1.807, 2.05) is 13.8 Å². The van der Waals surface area contributed by atoms with Crippen LogP contribution >= 0.6 is 0 Å². The number of rotatable bonds is 3. The Hall–Kier alpha value is -1.99. The average Bonchev–Trinajstić information content (AvgIpc) is 2.80. The van der Waals surface area contributed by atoms with Gasteiger partial charge in [0, 0.05) is 18.7 Å². The van der Waals surface area contributed by atoms with Gasteiger partial charge in [0.1, 0.15) is 12.5 Å². The summed E-state index contributed by atoms with van der Waals surface area (Å²) in [7, 11) is 0. The highest BCUT2D eigenvalue weighted by Crippen LogP contribution is 2.16. The van der Waals surface area contributed by atoms with E-state index in [2.05, 4.69) is 10.00 Å². The van der Waals surface area contributed by atoms with Gasteiger partial charge in [-0.2, -0.15) is 4.68 Å². The summed E-state index contributed by atoms with van der Waals surface area (Å²) in [5, 5.41) is 4.19. The molecule has 2 aromatic rings.